The van der Waals surface area contributed by atoms with Crippen molar-refractivity contribution in [1.29, 1.82) is 0 Å². The highest BCUT2D eigenvalue weighted by molar-refractivity contribution is 7.99. The van der Waals surface area contributed by atoms with Gasteiger partial charge in [-0.1, -0.05) is 26.7 Å². The van der Waals surface area contributed by atoms with Gasteiger partial charge in [0.05, 0.1) is 0 Å². The lowest BCUT2D eigenvalue weighted by molar-refractivity contribution is -0.137. The maximum Gasteiger partial charge on any atom is 0.225 e. The number of thioether (sulfide) groups is 1. The van der Waals surface area contributed by atoms with Crippen LogP contribution in [0.3, 0.4) is 0 Å². The Morgan fingerprint density at radius 1 is 1.09 bits per heavy atom. The number of amides is 1. The number of carbonyl (C=O) groups excluding carboxylic acids is 1. The highest BCUT2D eigenvalue weighted by Gasteiger charge is 2.31. The Balaban J connectivity index is 1.80. The topological polar surface area (TPSA) is 23.6 Å². The predicted octanol–water partition coefficient (Wildman–Crippen LogP) is 3.63. The Hall–Kier alpha value is -0.220. The fourth-order valence-corrected chi connectivity index (χ4v) is 4.86. The van der Waals surface area contributed by atoms with Gasteiger partial charge in [0, 0.05) is 30.8 Å². The number of hydrogen-bond acceptors (Lipinski definition) is 3. The number of piperidine rings is 1. The molecule has 0 bridgehead atoms. The Morgan fingerprint density at radius 2 is 1.73 bits per heavy atom. The molecule has 2 saturated heterocycles. The van der Waals surface area contributed by atoms with E-state index in [2.05, 4.69) is 35.4 Å². The number of nitrogens with zero attached hydrogens (tertiary/aromatic N) is 2. The second-order valence-corrected chi connectivity index (χ2v) is 8.01. The molecule has 1 amide bonds. The molecule has 3 nitrogen and oxygen atoms in total. The first kappa shape index (κ1) is 18.1. The van der Waals surface area contributed by atoms with Crippen molar-refractivity contribution in [3.8, 4) is 0 Å². The van der Waals surface area contributed by atoms with Crippen molar-refractivity contribution in [3.05, 3.63) is 0 Å². The molecule has 0 saturated carbocycles. The average Bonchev–Trinajstić information content (AvgIpc) is 3.09. The zero-order valence-corrected chi connectivity index (χ0v) is 15.4. The third-order valence-electron chi connectivity index (χ3n) is 5.18. The smallest absolute Gasteiger partial charge is 0.225 e. The molecular weight excluding hydrogens is 292 g/mol. The van der Waals surface area contributed by atoms with E-state index in [1.165, 1.54) is 30.8 Å². The minimum absolute atomic E-state index is 0.291. The second kappa shape index (κ2) is 9.82. The molecule has 2 aliphatic heterocycles. The molecule has 0 spiro atoms. The number of rotatable bonds is 8. The summed E-state index contributed by atoms with van der Waals surface area (Å²) >= 11 is 2.09. The van der Waals surface area contributed by atoms with E-state index in [1.54, 1.807) is 0 Å². The van der Waals surface area contributed by atoms with Crippen molar-refractivity contribution in [2.75, 3.05) is 37.7 Å². The molecule has 0 aromatic rings. The SMILES string of the molecule is CCCCN(CCCC)C(=O)C1CCN(C2CCSC2)CC1. The number of carbonyl (C=O) groups is 1. The Bertz CT molecular complexity index is 315. The Kier molecular flexibility index (Phi) is 8.09. The average molecular weight is 327 g/mol. The van der Waals surface area contributed by atoms with Crippen LogP contribution in [-0.4, -0.2) is 59.4 Å². The van der Waals surface area contributed by atoms with Crippen LogP contribution in [0.25, 0.3) is 0 Å². The zero-order chi connectivity index (χ0) is 15.8. The molecule has 0 radical (unpaired) electrons. The van der Waals surface area contributed by atoms with Gasteiger partial charge in [-0.2, -0.15) is 11.8 Å². The number of hydrogen-bond donors (Lipinski definition) is 0. The highest BCUT2D eigenvalue weighted by Crippen LogP contribution is 2.27. The molecule has 2 fully saturated rings. The normalized spacial score (nSPS) is 23.8. The standard InChI is InChI=1S/C18H34N2OS/c1-3-5-10-20(11-6-4-2)18(21)16-7-12-19(13-8-16)17-9-14-22-15-17/h16-17H,3-15H2,1-2H3. The summed E-state index contributed by atoms with van der Waals surface area (Å²) in [5.41, 5.74) is 0. The maximum absolute atomic E-state index is 12.8. The van der Waals surface area contributed by atoms with Gasteiger partial charge in [0.1, 0.15) is 0 Å². The lowest BCUT2D eigenvalue weighted by atomic mass is 9.94. The first-order valence-corrected chi connectivity index (χ1v) is 10.5. The number of likely N-dealkylation sites (tertiary alicyclic amines) is 1. The van der Waals surface area contributed by atoms with Gasteiger partial charge in [-0.25, -0.2) is 0 Å². The van der Waals surface area contributed by atoms with Gasteiger partial charge < -0.3 is 4.90 Å². The first-order valence-electron chi connectivity index (χ1n) is 9.36. The van der Waals surface area contributed by atoms with Crippen molar-refractivity contribution in [1.82, 2.24) is 9.80 Å². The number of unbranched alkanes of at least 4 members (excludes halogenated alkanes) is 2. The van der Waals surface area contributed by atoms with E-state index >= 15 is 0 Å². The largest absolute Gasteiger partial charge is 0.342 e. The first-order chi connectivity index (χ1) is 10.8. The van der Waals surface area contributed by atoms with Crippen LogP contribution in [0.4, 0.5) is 0 Å². The molecule has 4 heteroatoms. The third kappa shape index (κ3) is 5.16. The van der Waals surface area contributed by atoms with Crippen LogP contribution < -0.4 is 0 Å². The van der Waals surface area contributed by atoms with Crippen LogP contribution in [0.5, 0.6) is 0 Å². The van der Waals surface area contributed by atoms with Crippen LogP contribution in [0.1, 0.15) is 58.8 Å². The monoisotopic (exact) mass is 326 g/mol. The minimum Gasteiger partial charge on any atom is -0.342 e. The summed E-state index contributed by atoms with van der Waals surface area (Å²) in [6.07, 6.45) is 8.15. The van der Waals surface area contributed by atoms with E-state index in [0.717, 1.165) is 57.9 Å². The van der Waals surface area contributed by atoms with Gasteiger partial charge in [-0.15, -0.1) is 0 Å². The maximum atomic E-state index is 12.8. The summed E-state index contributed by atoms with van der Waals surface area (Å²) in [5, 5.41) is 0. The van der Waals surface area contributed by atoms with Crippen molar-refractivity contribution in [2.45, 2.75) is 64.8 Å². The van der Waals surface area contributed by atoms with E-state index in [1.807, 2.05) is 0 Å². The van der Waals surface area contributed by atoms with Gasteiger partial charge in [-0.3, -0.25) is 9.69 Å². The molecule has 128 valence electrons. The summed E-state index contributed by atoms with van der Waals surface area (Å²) in [6.45, 7) is 8.62. The van der Waals surface area contributed by atoms with Gasteiger partial charge in [0.15, 0.2) is 0 Å². The minimum atomic E-state index is 0.291. The summed E-state index contributed by atoms with van der Waals surface area (Å²) in [6, 6.07) is 0.789. The molecule has 0 aromatic heterocycles. The molecular formula is C18H34N2OS. The van der Waals surface area contributed by atoms with Crippen LogP contribution in [0.15, 0.2) is 0 Å². The molecule has 1 atom stereocenters. The lowest BCUT2D eigenvalue weighted by Crippen LogP contribution is -2.46. The molecule has 0 aromatic carbocycles. The van der Waals surface area contributed by atoms with Gasteiger partial charge in [-0.05, 0) is 50.9 Å². The fourth-order valence-electron chi connectivity index (χ4n) is 3.61. The van der Waals surface area contributed by atoms with E-state index in [4.69, 9.17) is 0 Å². The van der Waals surface area contributed by atoms with Gasteiger partial charge in [0.25, 0.3) is 0 Å². The van der Waals surface area contributed by atoms with Gasteiger partial charge in [0.2, 0.25) is 5.91 Å². The van der Waals surface area contributed by atoms with E-state index in [0.29, 0.717) is 11.8 Å². The molecule has 2 aliphatic rings. The Labute approximate surface area is 141 Å². The fraction of sp³-hybridized carbons (Fsp3) is 0.944. The summed E-state index contributed by atoms with van der Waals surface area (Å²) in [4.78, 5) is 17.7. The predicted molar refractivity (Wildman–Crippen MR) is 96.4 cm³/mol. The van der Waals surface area contributed by atoms with Crippen molar-refractivity contribution < 1.29 is 4.79 Å². The van der Waals surface area contributed by atoms with Crippen LogP contribution in [0, 0.1) is 5.92 Å². The van der Waals surface area contributed by atoms with Crippen molar-refractivity contribution in [2.24, 2.45) is 5.92 Å². The lowest BCUT2D eigenvalue weighted by Gasteiger charge is -2.37. The van der Waals surface area contributed by atoms with Gasteiger partial charge >= 0.3 is 0 Å². The molecule has 0 aliphatic carbocycles. The quantitative estimate of drug-likeness (QED) is 0.680. The van der Waals surface area contributed by atoms with E-state index in [9.17, 15) is 4.79 Å². The second-order valence-electron chi connectivity index (χ2n) is 6.86. The summed E-state index contributed by atoms with van der Waals surface area (Å²) < 4.78 is 0. The molecule has 2 heterocycles. The van der Waals surface area contributed by atoms with Crippen molar-refractivity contribution >= 4 is 17.7 Å². The van der Waals surface area contributed by atoms with E-state index in [-0.39, 0.29) is 0 Å². The van der Waals surface area contributed by atoms with Crippen LogP contribution >= 0.6 is 11.8 Å². The molecule has 2 rings (SSSR count). The van der Waals surface area contributed by atoms with Crippen LogP contribution in [0.2, 0.25) is 0 Å². The van der Waals surface area contributed by atoms with E-state index < -0.39 is 0 Å². The molecule has 22 heavy (non-hydrogen) atoms. The summed E-state index contributed by atoms with van der Waals surface area (Å²) in [7, 11) is 0. The molecule has 0 N–H and O–H groups in total. The third-order valence-corrected chi connectivity index (χ3v) is 6.32. The Morgan fingerprint density at radius 3 is 2.23 bits per heavy atom. The van der Waals surface area contributed by atoms with Crippen LogP contribution in [-0.2, 0) is 4.79 Å². The summed E-state index contributed by atoms with van der Waals surface area (Å²) in [5.74, 6) is 3.37. The molecule has 1 unspecified atom stereocenters. The highest BCUT2D eigenvalue weighted by atomic mass is 32.2. The zero-order valence-electron chi connectivity index (χ0n) is 14.6. The van der Waals surface area contributed by atoms with Crippen molar-refractivity contribution in [3.63, 3.8) is 0 Å².